The molecule has 3 heterocycles. The maximum Gasteiger partial charge on any atom is 0.409 e. The number of hydrogen-bond donors (Lipinski definition) is 1. The van der Waals surface area contributed by atoms with Gasteiger partial charge in [-0.2, -0.15) is 0 Å². The molecule has 0 unspecified atom stereocenters. The highest BCUT2D eigenvalue weighted by Gasteiger charge is 2.27. The number of nitrogens with one attached hydrogen (secondary N) is 1. The molecule has 42 heavy (non-hydrogen) atoms. The van der Waals surface area contributed by atoms with Crippen molar-refractivity contribution in [2.45, 2.75) is 33.7 Å². The molecular weight excluding hydrogens is 551 g/mol. The molecular formula is C29H30F3N7O3. The first kappa shape index (κ1) is 28.8. The van der Waals surface area contributed by atoms with Gasteiger partial charge in [-0.15, -0.1) is 0 Å². The summed E-state index contributed by atoms with van der Waals surface area (Å²) in [5.41, 5.74) is 0.839. The molecule has 13 heteroatoms. The Balaban J connectivity index is 1.34. The zero-order valence-electron chi connectivity index (χ0n) is 23.6. The van der Waals surface area contributed by atoms with Crippen LogP contribution in [0.4, 0.5) is 29.6 Å². The minimum absolute atomic E-state index is 0.00363. The van der Waals surface area contributed by atoms with Crippen LogP contribution in [0.5, 0.6) is 0 Å². The molecule has 1 aliphatic rings. The highest BCUT2D eigenvalue weighted by molar-refractivity contribution is 5.95. The second-order valence-electron chi connectivity index (χ2n) is 10.1. The van der Waals surface area contributed by atoms with E-state index in [1.54, 1.807) is 19.9 Å². The van der Waals surface area contributed by atoms with Crippen molar-refractivity contribution >= 4 is 34.7 Å². The molecule has 2 aromatic heterocycles. The number of carbonyl (C=O) groups excluding carboxylic acids is 2. The highest BCUT2D eigenvalue weighted by Crippen LogP contribution is 2.30. The number of aromatic nitrogens is 4. The van der Waals surface area contributed by atoms with E-state index in [0.717, 1.165) is 12.3 Å². The van der Waals surface area contributed by atoms with Crippen LogP contribution in [0.25, 0.3) is 22.3 Å². The number of fused-ring (bicyclic) bond motifs is 1. The number of nitrogens with zero attached hydrogens (tertiary/aromatic N) is 6. The Morgan fingerprint density at radius 3 is 2.36 bits per heavy atom. The molecule has 1 aliphatic heterocycles. The van der Waals surface area contributed by atoms with E-state index in [4.69, 9.17) is 4.74 Å². The molecule has 0 bridgehead atoms. The van der Waals surface area contributed by atoms with Gasteiger partial charge in [0, 0.05) is 43.5 Å². The van der Waals surface area contributed by atoms with E-state index in [2.05, 4.69) is 20.3 Å². The molecule has 0 spiro atoms. The third-order valence-electron chi connectivity index (χ3n) is 7.01. The summed E-state index contributed by atoms with van der Waals surface area (Å²) in [4.78, 5) is 40.3. The number of rotatable bonds is 6. The van der Waals surface area contributed by atoms with Crippen LogP contribution in [0.3, 0.4) is 0 Å². The Labute approximate surface area is 240 Å². The average molecular weight is 582 g/mol. The van der Waals surface area contributed by atoms with Gasteiger partial charge < -0.3 is 24.4 Å². The van der Waals surface area contributed by atoms with E-state index < -0.39 is 29.5 Å². The Bertz CT molecular complexity index is 1670. The first-order chi connectivity index (χ1) is 20.1. The number of imidazole rings is 1. The van der Waals surface area contributed by atoms with Crippen LogP contribution in [0.1, 0.15) is 43.0 Å². The van der Waals surface area contributed by atoms with E-state index in [1.165, 1.54) is 28.0 Å². The van der Waals surface area contributed by atoms with Gasteiger partial charge >= 0.3 is 6.09 Å². The fourth-order valence-electron chi connectivity index (χ4n) is 5.06. The van der Waals surface area contributed by atoms with Crippen LogP contribution < -0.4 is 5.32 Å². The molecule has 5 rings (SSSR count). The summed E-state index contributed by atoms with van der Waals surface area (Å²) in [5, 5.41) is 2.82. The van der Waals surface area contributed by atoms with Gasteiger partial charge in [0.1, 0.15) is 22.9 Å². The smallest absolute Gasteiger partial charge is 0.409 e. The summed E-state index contributed by atoms with van der Waals surface area (Å²) in [5.74, 6) is -2.07. The summed E-state index contributed by atoms with van der Waals surface area (Å²) in [6.45, 7) is 8.68. The molecule has 1 fully saturated rings. The van der Waals surface area contributed by atoms with Gasteiger partial charge in [0.05, 0.1) is 23.9 Å². The van der Waals surface area contributed by atoms with Gasteiger partial charge in [-0.1, -0.05) is 0 Å². The molecule has 0 radical (unpaired) electrons. The topological polar surface area (TPSA) is 105 Å². The molecule has 4 aromatic rings. The fourth-order valence-corrected chi connectivity index (χ4v) is 5.06. The number of carbonyl (C=O) groups is 2. The Morgan fingerprint density at radius 2 is 1.69 bits per heavy atom. The predicted molar refractivity (Wildman–Crippen MR) is 150 cm³/mol. The normalized spacial score (nSPS) is 13.6. The second kappa shape index (κ2) is 11.7. The molecule has 220 valence electrons. The van der Waals surface area contributed by atoms with Crippen molar-refractivity contribution in [2.24, 2.45) is 0 Å². The molecule has 10 nitrogen and oxygen atoms in total. The number of hydrogen-bond acceptors (Lipinski definition) is 7. The number of aryl methyl sites for hydroxylation is 1. The maximum atomic E-state index is 15.0. The summed E-state index contributed by atoms with van der Waals surface area (Å²) in [6.07, 6.45) is 0.502. The van der Waals surface area contributed by atoms with Gasteiger partial charge in [-0.05, 0) is 58.0 Å². The molecule has 0 saturated carbocycles. The molecule has 0 atom stereocenters. The number of halogens is 3. The SMILES string of the molecule is CCOC(=O)N1CCN(C(=O)c2ccc(Nc3ncc(F)c(-c4cc(F)c5nc(C)n(C(C)C)c5c4)n3)cc2F)CC1. The average Bonchev–Trinajstić information content (AvgIpc) is 3.30. The molecule has 2 amide bonds. The van der Waals surface area contributed by atoms with Crippen LogP contribution >= 0.6 is 0 Å². The quantitative estimate of drug-likeness (QED) is 0.323. The van der Waals surface area contributed by atoms with Crippen molar-refractivity contribution in [3.05, 3.63) is 65.4 Å². The molecule has 0 aliphatic carbocycles. The van der Waals surface area contributed by atoms with Crippen molar-refractivity contribution in [3.63, 3.8) is 0 Å². The van der Waals surface area contributed by atoms with Crippen LogP contribution in [-0.2, 0) is 4.74 Å². The number of ether oxygens (including phenoxy) is 1. The minimum Gasteiger partial charge on any atom is -0.450 e. The number of amides is 2. The predicted octanol–water partition coefficient (Wildman–Crippen LogP) is 5.46. The Kier molecular flexibility index (Phi) is 8.01. The van der Waals surface area contributed by atoms with E-state index in [-0.39, 0.29) is 72.8 Å². The third kappa shape index (κ3) is 5.58. The Morgan fingerprint density at radius 1 is 0.976 bits per heavy atom. The van der Waals surface area contributed by atoms with E-state index in [9.17, 15) is 18.4 Å². The largest absolute Gasteiger partial charge is 0.450 e. The van der Waals surface area contributed by atoms with Gasteiger partial charge in [0.25, 0.3) is 5.91 Å². The summed E-state index contributed by atoms with van der Waals surface area (Å²) in [7, 11) is 0. The van der Waals surface area contributed by atoms with Gasteiger partial charge in [-0.25, -0.2) is 32.9 Å². The number of anilines is 2. The first-order valence-corrected chi connectivity index (χ1v) is 13.6. The van der Waals surface area contributed by atoms with Gasteiger partial charge in [-0.3, -0.25) is 4.79 Å². The minimum atomic E-state index is -0.773. The lowest BCUT2D eigenvalue weighted by Gasteiger charge is -2.34. The molecule has 1 N–H and O–H groups in total. The zero-order chi connectivity index (χ0) is 30.1. The first-order valence-electron chi connectivity index (χ1n) is 13.6. The van der Waals surface area contributed by atoms with Crippen molar-refractivity contribution < 1.29 is 27.5 Å². The van der Waals surface area contributed by atoms with Crippen molar-refractivity contribution in [2.75, 3.05) is 38.1 Å². The lowest BCUT2D eigenvalue weighted by molar-refractivity contribution is 0.0567. The number of piperazine rings is 1. The number of benzene rings is 2. The van der Waals surface area contributed by atoms with Crippen LogP contribution in [0, 0.1) is 24.4 Å². The van der Waals surface area contributed by atoms with Crippen molar-refractivity contribution in [1.82, 2.24) is 29.3 Å². The van der Waals surface area contributed by atoms with Crippen LogP contribution in [-0.4, -0.2) is 74.1 Å². The van der Waals surface area contributed by atoms with Crippen molar-refractivity contribution in [1.29, 1.82) is 0 Å². The lowest BCUT2D eigenvalue weighted by Crippen LogP contribution is -2.50. The third-order valence-corrected chi connectivity index (χ3v) is 7.01. The van der Waals surface area contributed by atoms with E-state index >= 15 is 4.39 Å². The van der Waals surface area contributed by atoms with Crippen LogP contribution in [0.2, 0.25) is 0 Å². The zero-order valence-corrected chi connectivity index (χ0v) is 23.6. The van der Waals surface area contributed by atoms with Gasteiger partial charge in [0.15, 0.2) is 11.6 Å². The van der Waals surface area contributed by atoms with Crippen LogP contribution in [0.15, 0.2) is 36.5 Å². The highest BCUT2D eigenvalue weighted by atomic mass is 19.1. The lowest BCUT2D eigenvalue weighted by atomic mass is 10.1. The van der Waals surface area contributed by atoms with Gasteiger partial charge in [0.2, 0.25) is 5.95 Å². The summed E-state index contributed by atoms with van der Waals surface area (Å²) < 4.78 is 51.7. The van der Waals surface area contributed by atoms with Crippen molar-refractivity contribution in [3.8, 4) is 11.3 Å². The second-order valence-corrected chi connectivity index (χ2v) is 10.1. The molecule has 1 saturated heterocycles. The standard InChI is InChI=1S/C29H30F3N7O3/c1-5-42-29(41)38-10-8-37(9-11-38)27(40)20-7-6-19(14-21(20)30)35-28-33-15-23(32)25(36-28)18-12-22(31)26-24(13-18)39(16(2)3)17(4)34-26/h6-7,12-16H,5,8-11H2,1-4H3,(H,33,35,36). The fraction of sp³-hybridized carbons (Fsp3) is 0.345. The summed E-state index contributed by atoms with van der Waals surface area (Å²) >= 11 is 0. The Hall–Kier alpha value is -4.68. The van der Waals surface area contributed by atoms with E-state index in [0.29, 0.717) is 11.3 Å². The van der Waals surface area contributed by atoms with E-state index in [1.807, 2.05) is 18.4 Å². The maximum absolute atomic E-state index is 15.0. The molecule has 2 aromatic carbocycles. The summed E-state index contributed by atoms with van der Waals surface area (Å²) in [6, 6.07) is 6.72. The monoisotopic (exact) mass is 581 g/mol.